The molecule has 2 aliphatic rings. The molecule has 0 aromatic carbocycles. The molecule has 0 radical (unpaired) electrons. The number of carbonyl (C=O) groups excluding carboxylic acids is 3. The molecule has 1 saturated carbocycles. The minimum atomic E-state index is -0.784. The van der Waals surface area contributed by atoms with Crippen LogP contribution in [0, 0.1) is 13.8 Å². The Balaban J connectivity index is 1.79. The van der Waals surface area contributed by atoms with Crippen molar-refractivity contribution in [1.29, 1.82) is 0 Å². The first-order valence-electron chi connectivity index (χ1n) is 9.23. The fourth-order valence-electron chi connectivity index (χ4n) is 4.29. The summed E-state index contributed by atoms with van der Waals surface area (Å²) in [7, 11) is 0. The third-order valence-corrected chi connectivity index (χ3v) is 5.70. The lowest BCUT2D eigenvalue weighted by Gasteiger charge is -2.24. The first-order valence-corrected chi connectivity index (χ1v) is 9.23. The van der Waals surface area contributed by atoms with E-state index < -0.39 is 11.6 Å². The largest absolute Gasteiger partial charge is 0.349 e. The Labute approximate surface area is 148 Å². The second-order valence-electron chi connectivity index (χ2n) is 7.27. The standard InChI is InChI=1S/C19H27N3O3/c1-4-21-13(2)11-15(14(21)3)16(23)12-22-17(24)19(20-18(22)25)9-7-5-6-8-10-19/h11H,4-10,12H2,1-3H3,(H,20,25). The van der Waals surface area contributed by atoms with E-state index in [2.05, 4.69) is 9.88 Å². The van der Waals surface area contributed by atoms with Crippen LogP contribution < -0.4 is 5.32 Å². The van der Waals surface area contributed by atoms with Gasteiger partial charge in [-0.05, 0) is 39.7 Å². The molecule has 1 aromatic rings. The van der Waals surface area contributed by atoms with Crippen LogP contribution >= 0.6 is 0 Å². The van der Waals surface area contributed by atoms with Crippen LogP contribution in [-0.2, 0) is 11.3 Å². The zero-order valence-electron chi connectivity index (χ0n) is 15.4. The van der Waals surface area contributed by atoms with E-state index in [0.29, 0.717) is 18.4 Å². The predicted molar refractivity (Wildman–Crippen MR) is 94.6 cm³/mol. The van der Waals surface area contributed by atoms with Crippen molar-refractivity contribution < 1.29 is 14.4 Å². The highest BCUT2D eigenvalue weighted by atomic mass is 16.2. The number of nitrogens with one attached hydrogen (secondary N) is 1. The van der Waals surface area contributed by atoms with Gasteiger partial charge in [-0.15, -0.1) is 0 Å². The zero-order valence-corrected chi connectivity index (χ0v) is 15.4. The SMILES string of the molecule is CCn1c(C)cc(C(=O)CN2C(=O)NC3(CCCCCC3)C2=O)c1C. The van der Waals surface area contributed by atoms with E-state index in [1.54, 1.807) is 0 Å². The van der Waals surface area contributed by atoms with Gasteiger partial charge in [0.1, 0.15) is 5.54 Å². The number of imide groups is 1. The van der Waals surface area contributed by atoms with Gasteiger partial charge in [0.05, 0.1) is 6.54 Å². The molecule has 0 bridgehead atoms. The Bertz CT molecular complexity index is 712. The van der Waals surface area contributed by atoms with Crippen LogP contribution in [0.15, 0.2) is 6.07 Å². The quantitative estimate of drug-likeness (QED) is 0.674. The summed E-state index contributed by atoms with van der Waals surface area (Å²) in [5, 5.41) is 2.89. The number of nitrogens with zero attached hydrogens (tertiary/aromatic N) is 2. The lowest BCUT2D eigenvalue weighted by atomic mass is 9.90. The molecule has 1 aromatic heterocycles. The summed E-state index contributed by atoms with van der Waals surface area (Å²) >= 11 is 0. The van der Waals surface area contributed by atoms with Crippen molar-refractivity contribution in [3.8, 4) is 0 Å². The Hall–Kier alpha value is -2.11. The molecule has 2 heterocycles. The zero-order chi connectivity index (χ0) is 18.2. The lowest BCUT2D eigenvalue weighted by molar-refractivity contribution is -0.131. The maximum Gasteiger partial charge on any atom is 0.325 e. The average Bonchev–Trinajstić information content (AvgIpc) is 2.87. The first kappa shape index (κ1) is 17.7. The Kier molecular flexibility index (Phi) is 4.71. The molecule has 0 atom stereocenters. The second-order valence-corrected chi connectivity index (χ2v) is 7.27. The summed E-state index contributed by atoms with van der Waals surface area (Å²) in [4.78, 5) is 39.2. The number of amides is 3. The van der Waals surface area contributed by atoms with Crippen LogP contribution in [-0.4, -0.2) is 39.3 Å². The van der Waals surface area contributed by atoms with Crippen LogP contribution in [0.1, 0.15) is 67.2 Å². The number of Topliss-reactive ketones (excluding diaryl/α,β-unsaturated/α-hetero) is 1. The first-order chi connectivity index (χ1) is 11.9. The van der Waals surface area contributed by atoms with Gasteiger partial charge in [0.25, 0.3) is 5.91 Å². The fourth-order valence-corrected chi connectivity index (χ4v) is 4.29. The minimum Gasteiger partial charge on any atom is -0.349 e. The number of carbonyl (C=O) groups is 3. The molecule has 6 heteroatoms. The van der Waals surface area contributed by atoms with Crippen molar-refractivity contribution in [2.24, 2.45) is 0 Å². The van der Waals surface area contributed by atoms with E-state index in [-0.39, 0.29) is 18.2 Å². The molecule has 0 unspecified atom stereocenters. The van der Waals surface area contributed by atoms with E-state index >= 15 is 0 Å². The molecule has 6 nitrogen and oxygen atoms in total. The predicted octanol–water partition coefficient (Wildman–Crippen LogP) is 2.95. The lowest BCUT2D eigenvalue weighted by Crippen LogP contribution is -2.46. The highest BCUT2D eigenvalue weighted by Gasteiger charge is 2.51. The molecular weight excluding hydrogens is 318 g/mol. The monoisotopic (exact) mass is 345 g/mol. The van der Waals surface area contributed by atoms with E-state index in [1.807, 2.05) is 26.8 Å². The fraction of sp³-hybridized carbons (Fsp3) is 0.632. The molecule has 1 saturated heterocycles. The molecule has 1 N–H and O–H groups in total. The molecule has 25 heavy (non-hydrogen) atoms. The van der Waals surface area contributed by atoms with Gasteiger partial charge in [0.15, 0.2) is 5.78 Å². The van der Waals surface area contributed by atoms with Gasteiger partial charge in [-0.3, -0.25) is 14.5 Å². The van der Waals surface area contributed by atoms with Crippen LogP contribution in [0.25, 0.3) is 0 Å². The summed E-state index contributed by atoms with van der Waals surface area (Å²) in [6.07, 6.45) is 5.40. The van der Waals surface area contributed by atoms with Gasteiger partial charge in [-0.25, -0.2) is 4.79 Å². The topological polar surface area (TPSA) is 71.4 Å². The summed E-state index contributed by atoms with van der Waals surface area (Å²) in [5.41, 5.74) is 1.72. The van der Waals surface area contributed by atoms with Gasteiger partial charge < -0.3 is 9.88 Å². The van der Waals surface area contributed by atoms with Crippen molar-refractivity contribution >= 4 is 17.7 Å². The highest BCUT2D eigenvalue weighted by molar-refractivity contribution is 6.11. The van der Waals surface area contributed by atoms with Crippen LogP contribution in [0.5, 0.6) is 0 Å². The summed E-state index contributed by atoms with van der Waals surface area (Å²) < 4.78 is 2.06. The van der Waals surface area contributed by atoms with E-state index in [4.69, 9.17) is 0 Å². The van der Waals surface area contributed by atoms with Crippen molar-refractivity contribution in [2.75, 3.05) is 6.54 Å². The maximum atomic E-state index is 12.9. The van der Waals surface area contributed by atoms with Crippen molar-refractivity contribution in [3.63, 3.8) is 0 Å². The Morgan fingerprint density at radius 3 is 2.36 bits per heavy atom. The van der Waals surface area contributed by atoms with Gasteiger partial charge >= 0.3 is 6.03 Å². The Morgan fingerprint density at radius 2 is 1.80 bits per heavy atom. The number of hydrogen-bond donors (Lipinski definition) is 1. The number of aryl methyl sites for hydroxylation is 1. The number of urea groups is 1. The Morgan fingerprint density at radius 1 is 1.16 bits per heavy atom. The summed E-state index contributed by atoms with van der Waals surface area (Å²) in [6, 6.07) is 1.42. The maximum absolute atomic E-state index is 12.9. The highest BCUT2D eigenvalue weighted by Crippen LogP contribution is 2.32. The third kappa shape index (κ3) is 2.98. The normalized spacial score (nSPS) is 20.0. The van der Waals surface area contributed by atoms with E-state index in [9.17, 15) is 14.4 Å². The summed E-state index contributed by atoms with van der Waals surface area (Å²) in [6.45, 7) is 6.50. The van der Waals surface area contributed by atoms with Gasteiger partial charge in [0, 0.05) is 23.5 Å². The average molecular weight is 345 g/mol. The van der Waals surface area contributed by atoms with Crippen LogP contribution in [0.3, 0.4) is 0 Å². The molecule has 3 amide bonds. The number of hydrogen-bond acceptors (Lipinski definition) is 3. The van der Waals surface area contributed by atoms with Gasteiger partial charge in [-0.1, -0.05) is 25.7 Å². The molecule has 1 spiro atoms. The number of ketones is 1. The van der Waals surface area contributed by atoms with Crippen molar-refractivity contribution in [3.05, 3.63) is 23.0 Å². The molecular formula is C19H27N3O3. The summed E-state index contributed by atoms with van der Waals surface area (Å²) in [5.74, 6) is -0.404. The minimum absolute atomic E-state index is 0.179. The van der Waals surface area contributed by atoms with Crippen LogP contribution in [0.2, 0.25) is 0 Å². The van der Waals surface area contributed by atoms with Crippen molar-refractivity contribution in [2.45, 2.75) is 71.4 Å². The van der Waals surface area contributed by atoms with Gasteiger partial charge in [-0.2, -0.15) is 0 Å². The number of rotatable bonds is 4. The van der Waals surface area contributed by atoms with Crippen LogP contribution in [0.4, 0.5) is 4.79 Å². The van der Waals surface area contributed by atoms with E-state index in [1.165, 1.54) is 0 Å². The van der Waals surface area contributed by atoms with Gasteiger partial charge in [0.2, 0.25) is 0 Å². The molecule has 1 aliphatic carbocycles. The third-order valence-electron chi connectivity index (χ3n) is 5.70. The van der Waals surface area contributed by atoms with E-state index in [0.717, 1.165) is 48.5 Å². The molecule has 2 fully saturated rings. The number of aromatic nitrogens is 1. The second kappa shape index (κ2) is 6.65. The smallest absolute Gasteiger partial charge is 0.325 e. The van der Waals surface area contributed by atoms with Crippen molar-refractivity contribution in [1.82, 2.24) is 14.8 Å². The molecule has 3 rings (SSSR count). The molecule has 1 aliphatic heterocycles. The molecule has 136 valence electrons.